The lowest BCUT2D eigenvalue weighted by molar-refractivity contribution is 0.0827. The topological polar surface area (TPSA) is 104 Å². The Balaban J connectivity index is 1.82. The van der Waals surface area contributed by atoms with Crippen molar-refractivity contribution >= 4 is 31.6 Å². The van der Waals surface area contributed by atoms with Crippen LogP contribution in [0.15, 0.2) is 58.3 Å². The molecule has 0 radical (unpaired) electrons. The normalized spacial score (nSPS) is 15.2. The maximum Gasteiger partial charge on any atom is 0.261 e. The Morgan fingerprint density at radius 1 is 0.931 bits per heavy atom. The van der Waals surface area contributed by atoms with E-state index in [2.05, 4.69) is 4.72 Å². The predicted molar refractivity (Wildman–Crippen MR) is 110 cm³/mol. The highest BCUT2D eigenvalue weighted by Crippen LogP contribution is 2.23. The molecule has 0 aromatic heterocycles. The number of benzene rings is 2. The van der Waals surface area contributed by atoms with Gasteiger partial charge in [-0.05, 0) is 55.3 Å². The van der Waals surface area contributed by atoms with E-state index in [1.807, 2.05) is 0 Å². The van der Waals surface area contributed by atoms with Gasteiger partial charge in [0.15, 0.2) is 0 Å². The van der Waals surface area contributed by atoms with Crippen LogP contribution in [0.25, 0.3) is 0 Å². The zero-order valence-corrected chi connectivity index (χ0v) is 17.8. The molecule has 1 heterocycles. The standard InChI is InChI=1S/C19H23N3O5S2/c1-21(2)19(23)15-6-5-7-16(14-15)20-28(24,25)17-8-10-18(11-9-17)29(26,27)22-12-3-4-13-22/h5-11,14,20H,3-4,12-13H2,1-2H3. The van der Waals surface area contributed by atoms with E-state index in [1.165, 1.54) is 45.6 Å². The van der Waals surface area contributed by atoms with Crippen molar-refractivity contribution < 1.29 is 21.6 Å². The smallest absolute Gasteiger partial charge is 0.261 e. The van der Waals surface area contributed by atoms with Gasteiger partial charge in [0.05, 0.1) is 9.79 Å². The minimum absolute atomic E-state index is 0.0666. The summed E-state index contributed by atoms with van der Waals surface area (Å²) >= 11 is 0. The number of carbonyl (C=O) groups excluding carboxylic acids is 1. The number of hydrogen-bond acceptors (Lipinski definition) is 5. The van der Waals surface area contributed by atoms with Gasteiger partial charge in [-0.1, -0.05) is 6.07 Å². The van der Waals surface area contributed by atoms with Gasteiger partial charge in [0.2, 0.25) is 10.0 Å². The Hall–Kier alpha value is -2.43. The molecule has 2 aromatic rings. The first kappa shape index (κ1) is 21.3. The first-order valence-electron chi connectivity index (χ1n) is 9.06. The van der Waals surface area contributed by atoms with E-state index in [1.54, 1.807) is 26.2 Å². The molecule has 10 heteroatoms. The second-order valence-electron chi connectivity index (χ2n) is 6.97. The van der Waals surface area contributed by atoms with Crippen LogP contribution >= 0.6 is 0 Å². The molecule has 156 valence electrons. The van der Waals surface area contributed by atoms with E-state index in [9.17, 15) is 21.6 Å². The van der Waals surface area contributed by atoms with Crippen molar-refractivity contribution in [2.24, 2.45) is 0 Å². The third-order valence-corrected chi connectivity index (χ3v) is 7.91. The van der Waals surface area contributed by atoms with Crippen molar-refractivity contribution in [2.75, 3.05) is 31.9 Å². The number of rotatable bonds is 6. The number of nitrogens with one attached hydrogen (secondary N) is 1. The minimum atomic E-state index is -3.94. The zero-order chi connectivity index (χ0) is 21.2. The number of sulfonamides is 2. The summed E-state index contributed by atoms with van der Waals surface area (Å²) in [5.41, 5.74) is 0.591. The Morgan fingerprint density at radius 3 is 2.10 bits per heavy atom. The van der Waals surface area contributed by atoms with Crippen molar-refractivity contribution in [3.8, 4) is 0 Å². The van der Waals surface area contributed by atoms with Crippen molar-refractivity contribution in [3.63, 3.8) is 0 Å². The molecule has 1 fully saturated rings. The van der Waals surface area contributed by atoms with Gasteiger partial charge in [0, 0.05) is 38.4 Å². The number of hydrogen-bond donors (Lipinski definition) is 1. The van der Waals surface area contributed by atoms with Crippen molar-refractivity contribution in [3.05, 3.63) is 54.1 Å². The average Bonchev–Trinajstić information content (AvgIpc) is 3.23. The quantitative estimate of drug-likeness (QED) is 0.744. The fourth-order valence-corrected chi connectivity index (χ4v) is 5.62. The molecule has 1 saturated heterocycles. The molecule has 0 atom stereocenters. The molecule has 0 bridgehead atoms. The zero-order valence-electron chi connectivity index (χ0n) is 16.2. The summed E-state index contributed by atoms with van der Waals surface area (Å²) in [4.78, 5) is 13.5. The third kappa shape index (κ3) is 4.60. The van der Waals surface area contributed by atoms with Gasteiger partial charge >= 0.3 is 0 Å². The molecule has 0 saturated carbocycles. The van der Waals surface area contributed by atoms with Crippen molar-refractivity contribution in [1.82, 2.24) is 9.21 Å². The molecular formula is C19H23N3O5S2. The van der Waals surface area contributed by atoms with Gasteiger partial charge < -0.3 is 4.90 Å². The van der Waals surface area contributed by atoms with Gasteiger partial charge in [-0.2, -0.15) is 4.31 Å². The molecule has 2 aromatic carbocycles. The molecule has 0 spiro atoms. The molecule has 29 heavy (non-hydrogen) atoms. The predicted octanol–water partition coefficient (Wildman–Crippen LogP) is 1.97. The maximum atomic E-state index is 12.7. The summed E-state index contributed by atoms with van der Waals surface area (Å²) in [5.74, 6) is -0.248. The van der Waals surface area contributed by atoms with Gasteiger partial charge in [-0.3, -0.25) is 9.52 Å². The van der Waals surface area contributed by atoms with Crippen LogP contribution in [-0.2, 0) is 20.0 Å². The second-order valence-corrected chi connectivity index (χ2v) is 10.6. The molecule has 1 aliphatic heterocycles. The summed E-state index contributed by atoms with van der Waals surface area (Å²) in [5, 5.41) is 0. The van der Waals surface area contributed by atoms with Gasteiger partial charge in [0.25, 0.3) is 15.9 Å². The number of amides is 1. The summed E-state index contributed by atoms with van der Waals surface area (Å²) < 4.78 is 54.3. The highest BCUT2D eigenvalue weighted by molar-refractivity contribution is 7.92. The van der Waals surface area contributed by atoms with Gasteiger partial charge in [-0.25, -0.2) is 16.8 Å². The number of anilines is 1. The van der Waals surface area contributed by atoms with Crippen LogP contribution in [0, 0.1) is 0 Å². The summed E-state index contributed by atoms with van der Waals surface area (Å²) in [7, 11) is -4.33. The highest BCUT2D eigenvalue weighted by atomic mass is 32.2. The molecular weight excluding hydrogens is 414 g/mol. The highest BCUT2D eigenvalue weighted by Gasteiger charge is 2.27. The van der Waals surface area contributed by atoms with Crippen LogP contribution in [0.1, 0.15) is 23.2 Å². The van der Waals surface area contributed by atoms with Crippen molar-refractivity contribution in [1.29, 1.82) is 0 Å². The summed E-state index contributed by atoms with van der Waals surface area (Å²) in [6.45, 7) is 0.956. The Morgan fingerprint density at radius 2 is 1.52 bits per heavy atom. The fourth-order valence-electron chi connectivity index (χ4n) is 3.06. The minimum Gasteiger partial charge on any atom is -0.345 e. The molecule has 8 nitrogen and oxygen atoms in total. The van der Waals surface area contributed by atoms with E-state index < -0.39 is 20.0 Å². The first-order chi connectivity index (χ1) is 13.6. The van der Waals surface area contributed by atoms with E-state index in [-0.39, 0.29) is 21.4 Å². The molecule has 0 aliphatic carbocycles. The third-order valence-electron chi connectivity index (χ3n) is 4.60. The van der Waals surface area contributed by atoms with Gasteiger partial charge in [0.1, 0.15) is 0 Å². The van der Waals surface area contributed by atoms with E-state index >= 15 is 0 Å². The monoisotopic (exact) mass is 437 g/mol. The molecule has 3 rings (SSSR count). The number of carbonyl (C=O) groups is 1. The van der Waals surface area contributed by atoms with Crippen LogP contribution in [-0.4, -0.2) is 59.1 Å². The molecule has 1 N–H and O–H groups in total. The SMILES string of the molecule is CN(C)C(=O)c1cccc(NS(=O)(=O)c2ccc(S(=O)(=O)N3CCCC3)cc2)c1. The van der Waals surface area contributed by atoms with Crippen LogP contribution in [0.4, 0.5) is 5.69 Å². The average molecular weight is 438 g/mol. The Bertz CT molecular complexity index is 1100. The van der Waals surface area contributed by atoms with E-state index in [0.717, 1.165) is 12.8 Å². The Kier molecular flexibility index (Phi) is 5.97. The largest absolute Gasteiger partial charge is 0.345 e. The number of nitrogens with zero attached hydrogens (tertiary/aromatic N) is 2. The van der Waals surface area contributed by atoms with Gasteiger partial charge in [-0.15, -0.1) is 0 Å². The maximum absolute atomic E-state index is 12.7. The summed E-state index contributed by atoms with van der Waals surface area (Å²) in [6, 6.07) is 11.3. The fraction of sp³-hybridized carbons (Fsp3) is 0.316. The molecule has 1 aliphatic rings. The van der Waals surface area contributed by atoms with Crippen LogP contribution in [0.3, 0.4) is 0 Å². The molecule has 0 unspecified atom stereocenters. The molecule has 1 amide bonds. The summed E-state index contributed by atoms with van der Waals surface area (Å²) in [6.07, 6.45) is 1.65. The van der Waals surface area contributed by atoms with Crippen LogP contribution in [0.5, 0.6) is 0 Å². The lowest BCUT2D eigenvalue weighted by atomic mass is 10.2. The van der Waals surface area contributed by atoms with Crippen molar-refractivity contribution in [2.45, 2.75) is 22.6 Å². The van der Waals surface area contributed by atoms with E-state index in [4.69, 9.17) is 0 Å². The van der Waals surface area contributed by atoms with Crippen LogP contribution in [0.2, 0.25) is 0 Å². The Labute approximate surface area is 171 Å². The lowest BCUT2D eigenvalue weighted by Gasteiger charge is -2.16. The van der Waals surface area contributed by atoms with E-state index in [0.29, 0.717) is 18.7 Å². The second kappa shape index (κ2) is 8.13. The lowest BCUT2D eigenvalue weighted by Crippen LogP contribution is -2.27. The first-order valence-corrected chi connectivity index (χ1v) is 12.0. The van der Waals surface area contributed by atoms with Crippen LogP contribution < -0.4 is 4.72 Å².